The third-order valence-electron chi connectivity index (χ3n) is 3.44. The van der Waals surface area contributed by atoms with Gasteiger partial charge in [0.25, 0.3) is 0 Å². The fourth-order valence-corrected chi connectivity index (χ4v) is 2.60. The lowest BCUT2D eigenvalue weighted by molar-refractivity contribution is -0.199. The van der Waals surface area contributed by atoms with Gasteiger partial charge in [0.1, 0.15) is 12.2 Å². The molecule has 1 aromatic carbocycles. The maximum atomic E-state index is 11.2. The SMILES string of the molecule is CC(=O)OC1CC(C)OC(C)C1OCc1ccccc1. The minimum atomic E-state index is -0.274. The molecule has 110 valence electrons. The fraction of sp³-hybridized carbons (Fsp3) is 0.562. The lowest BCUT2D eigenvalue weighted by Gasteiger charge is -2.38. The number of carbonyl (C=O) groups excluding carboxylic acids is 1. The molecule has 1 heterocycles. The van der Waals surface area contributed by atoms with Gasteiger partial charge in [-0.1, -0.05) is 30.3 Å². The van der Waals surface area contributed by atoms with Crippen LogP contribution in [-0.4, -0.2) is 30.4 Å². The summed E-state index contributed by atoms with van der Waals surface area (Å²) in [5.41, 5.74) is 1.10. The monoisotopic (exact) mass is 278 g/mol. The predicted molar refractivity (Wildman–Crippen MR) is 75.2 cm³/mol. The van der Waals surface area contributed by atoms with Crippen molar-refractivity contribution in [2.75, 3.05) is 0 Å². The predicted octanol–water partition coefficient (Wildman–Crippen LogP) is 2.70. The number of esters is 1. The zero-order valence-electron chi connectivity index (χ0n) is 12.2. The van der Waals surface area contributed by atoms with Gasteiger partial charge in [-0.25, -0.2) is 0 Å². The number of rotatable bonds is 4. The Morgan fingerprint density at radius 1 is 1.30 bits per heavy atom. The Bertz CT molecular complexity index is 431. The van der Waals surface area contributed by atoms with E-state index in [0.717, 1.165) is 5.56 Å². The van der Waals surface area contributed by atoms with E-state index >= 15 is 0 Å². The highest BCUT2D eigenvalue weighted by Crippen LogP contribution is 2.26. The van der Waals surface area contributed by atoms with Gasteiger partial charge in [-0.05, 0) is 19.4 Å². The number of ether oxygens (including phenoxy) is 3. The van der Waals surface area contributed by atoms with Crippen molar-refractivity contribution in [3.05, 3.63) is 35.9 Å². The van der Waals surface area contributed by atoms with E-state index in [1.807, 2.05) is 44.2 Å². The second-order valence-corrected chi connectivity index (χ2v) is 5.30. The van der Waals surface area contributed by atoms with E-state index in [2.05, 4.69) is 0 Å². The van der Waals surface area contributed by atoms with Crippen LogP contribution in [-0.2, 0) is 25.6 Å². The van der Waals surface area contributed by atoms with Crippen LogP contribution >= 0.6 is 0 Å². The van der Waals surface area contributed by atoms with Crippen LogP contribution in [0.4, 0.5) is 0 Å². The van der Waals surface area contributed by atoms with Gasteiger partial charge < -0.3 is 14.2 Å². The average molecular weight is 278 g/mol. The molecule has 4 nitrogen and oxygen atoms in total. The van der Waals surface area contributed by atoms with E-state index in [0.29, 0.717) is 13.0 Å². The summed E-state index contributed by atoms with van der Waals surface area (Å²) in [7, 11) is 0. The highest BCUT2D eigenvalue weighted by atomic mass is 16.6. The average Bonchev–Trinajstić information content (AvgIpc) is 2.38. The summed E-state index contributed by atoms with van der Waals surface area (Å²) in [5.74, 6) is -0.274. The summed E-state index contributed by atoms with van der Waals surface area (Å²) in [6, 6.07) is 9.95. The van der Waals surface area contributed by atoms with Crippen LogP contribution in [0.15, 0.2) is 30.3 Å². The molecule has 4 heteroatoms. The molecular formula is C16H22O4. The molecule has 1 saturated heterocycles. The van der Waals surface area contributed by atoms with E-state index in [9.17, 15) is 4.79 Å². The Balaban J connectivity index is 1.99. The van der Waals surface area contributed by atoms with Gasteiger partial charge in [-0.3, -0.25) is 4.79 Å². The zero-order valence-corrected chi connectivity index (χ0v) is 12.2. The van der Waals surface area contributed by atoms with Crippen molar-refractivity contribution in [1.82, 2.24) is 0 Å². The number of hydrogen-bond acceptors (Lipinski definition) is 4. The molecule has 4 unspecified atom stereocenters. The normalized spacial score (nSPS) is 29.9. The van der Waals surface area contributed by atoms with Crippen molar-refractivity contribution in [2.24, 2.45) is 0 Å². The fourth-order valence-electron chi connectivity index (χ4n) is 2.60. The highest BCUT2D eigenvalue weighted by Gasteiger charge is 2.37. The molecule has 20 heavy (non-hydrogen) atoms. The van der Waals surface area contributed by atoms with Gasteiger partial charge in [0.15, 0.2) is 0 Å². The lowest BCUT2D eigenvalue weighted by atomic mass is 9.99. The summed E-state index contributed by atoms with van der Waals surface area (Å²) in [4.78, 5) is 11.2. The molecule has 1 fully saturated rings. The van der Waals surface area contributed by atoms with Crippen molar-refractivity contribution < 1.29 is 19.0 Å². The minimum Gasteiger partial charge on any atom is -0.460 e. The van der Waals surface area contributed by atoms with E-state index in [4.69, 9.17) is 14.2 Å². The van der Waals surface area contributed by atoms with Gasteiger partial charge in [0, 0.05) is 13.3 Å². The van der Waals surface area contributed by atoms with Crippen LogP contribution in [0.2, 0.25) is 0 Å². The molecule has 1 aromatic rings. The van der Waals surface area contributed by atoms with Crippen LogP contribution in [0, 0.1) is 0 Å². The molecule has 0 radical (unpaired) electrons. The molecule has 0 aromatic heterocycles. The first-order chi connectivity index (χ1) is 9.56. The van der Waals surface area contributed by atoms with Gasteiger partial charge >= 0.3 is 5.97 Å². The molecular weight excluding hydrogens is 256 g/mol. The van der Waals surface area contributed by atoms with Gasteiger partial charge in [0.2, 0.25) is 0 Å². The summed E-state index contributed by atoms with van der Waals surface area (Å²) < 4.78 is 17.1. The highest BCUT2D eigenvalue weighted by molar-refractivity contribution is 5.66. The topological polar surface area (TPSA) is 44.8 Å². The van der Waals surface area contributed by atoms with Crippen LogP contribution in [0.25, 0.3) is 0 Å². The van der Waals surface area contributed by atoms with E-state index in [-0.39, 0.29) is 30.4 Å². The maximum Gasteiger partial charge on any atom is 0.302 e. The molecule has 4 atom stereocenters. The van der Waals surface area contributed by atoms with Crippen molar-refractivity contribution in [2.45, 2.75) is 58.2 Å². The Morgan fingerprint density at radius 3 is 2.65 bits per heavy atom. The van der Waals surface area contributed by atoms with Crippen molar-refractivity contribution in [3.63, 3.8) is 0 Å². The molecule has 0 amide bonds. The third-order valence-corrected chi connectivity index (χ3v) is 3.44. The summed E-state index contributed by atoms with van der Waals surface area (Å²) in [5, 5.41) is 0. The second-order valence-electron chi connectivity index (χ2n) is 5.30. The molecule has 2 rings (SSSR count). The van der Waals surface area contributed by atoms with E-state index in [1.54, 1.807) is 0 Å². The second kappa shape index (κ2) is 6.86. The molecule has 1 aliphatic heterocycles. The molecule has 0 aliphatic carbocycles. The van der Waals surface area contributed by atoms with Crippen LogP contribution in [0.3, 0.4) is 0 Å². The molecule has 0 spiro atoms. The standard InChI is InChI=1S/C16H22O4/c1-11-9-15(20-13(3)17)16(12(2)19-11)18-10-14-7-5-4-6-8-14/h4-8,11-12,15-16H,9-10H2,1-3H3. The van der Waals surface area contributed by atoms with Crippen LogP contribution < -0.4 is 0 Å². The number of carbonyl (C=O) groups is 1. The molecule has 0 saturated carbocycles. The van der Waals surface area contributed by atoms with Crippen molar-refractivity contribution >= 4 is 5.97 Å². The van der Waals surface area contributed by atoms with Gasteiger partial charge in [-0.15, -0.1) is 0 Å². The molecule has 0 N–H and O–H groups in total. The van der Waals surface area contributed by atoms with Crippen molar-refractivity contribution in [1.29, 1.82) is 0 Å². The van der Waals surface area contributed by atoms with E-state index < -0.39 is 0 Å². The Morgan fingerprint density at radius 2 is 2.00 bits per heavy atom. The first kappa shape index (κ1) is 15.0. The maximum absolute atomic E-state index is 11.2. The van der Waals surface area contributed by atoms with Crippen molar-refractivity contribution in [3.8, 4) is 0 Å². The minimum absolute atomic E-state index is 0.0749. The third kappa shape index (κ3) is 4.05. The number of benzene rings is 1. The quantitative estimate of drug-likeness (QED) is 0.794. The van der Waals surface area contributed by atoms with Crippen LogP contribution in [0.1, 0.15) is 32.8 Å². The summed E-state index contributed by atoms with van der Waals surface area (Å²) in [6.45, 7) is 5.87. The first-order valence-corrected chi connectivity index (χ1v) is 7.04. The Kier molecular flexibility index (Phi) is 5.15. The molecule has 0 bridgehead atoms. The summed E-state index contributed by atoms with van der Waals surface area (Å²) >= 11 is 0. The molecule has 1 aliphatic rings. The Labute approximate surface area is 120 Å². The number of hydrogen-bond donors (Lipinski definition) is 0. The lowest BCUT2D eigenvalue weighted by Crippen LogP contribution is -2.49. The van der Waals surface area contributed by atoms with E-state index in [1.165, 1.54) is 6.92 Å². The first-order valence-electron chi connectivity index (χ1n) is 7.04. The largest absolute Gasteiger partial charge is 0.460 e. The smallest absolute Gasteiger partial charge is 0.302 e. The van der Waals surface area contributed by atoms with Gasteiger partial charge in [0.05, 0.1) is 18.8 Å². The Hall–Kier alpha value is -1.39. The van der Waals surface area contributed by atoms with Crippen LogP contribution in [0.5, 0.6) is 0 Å². The van der Waals surface area contributed by atoms with Gasteiger partial charge in [-0.2, -0.15) is 0 Å². The zero-order chi connectivity index (χ0) is 14.5. The summed E-state index contributed by atoms with van der Waals surface area (Å²) in [6.07, 6.45) is 0.187.